The van der Waals surface area contributed by atoms with Gasteiger partial charge in [0.1, 0.15) is 0 Å². The molecule has 0 spiro atoms. The van der Waals surface area contributed by atoms with Gasteiger partial charge in [-0.05, 0) is 25.9 Å². The molecule has 0 amide bonds. The largest absolute Gasteiger partial charge is 0.317 e. The minimum Gasteiger partial charge on any atom is -0.317 e. The van der Waals surface area contributed by atoms with E-state index in [4.69, 9.17) is 0 Å². The molecule has 1 rings (SSSR count). The quantitative estimate of drug-likeness (QED) is 0.422. The first kappa shape index (κ1) is 7.75. The lowest BCUT2D eigenvalue weighted by atomic mass is 10.1. The second kappa shape index (κ2) is 4.46. The fourth-order valence-corrected chi connectivity index (χ4v) is 1.76. The molecule has 0 bridgehead atoms. The SMILES string of the molecule is ICNC1CCNCC1. The molecule has 0 unspecified atom stereocenters. The van der Waals surface area contributed by atoms with E-state index in [2.05, 4.69) is 33.2 Å². The van der Waals surface area contributed by atoms with Gasteiger partial charge < -0.3 is 10.6 Å². The fourth-order valence-electron chi connectivity index (χ4n) is 1.14. The van der Waals surface area contributed by atoms with Gasteiger partial charge in [0.15, 0.2) is 0 Å². The number of alkyl halides is 1. The monoisotopic (exact) mass is 240 g/mol. The van der Waals surface area contributed by atoms with E-state index in [1.54, 1.807) is 0 Å². The van der Waals surface area contributed by atoms with Crippen molar-refractivity contribution in [2.45, 2.75) is 18.9 Å². The van der Waals surface area contributed by atoms with Gasteiger partial charge in [-0.1, -0.05) is 22.6 Å². The zero-order valence-electron chi connectivity index (χ0n) is 5.49. The molecular formula is C6H13IN2. The van der Waals surface area contributed by atoms with Crippen LogP contribution >= 0.6 is 22.6 Å². The topological polar surface area (TPSA) is 24.1 Å². The summed E-state index contributed by atoms with van der Waals surface area (Å²) >= 11 is 2.36. The van der Waals surface area contributed by atoms with Crippen LogP contribution in [0.3, 0.4) is 0 Å². The number of hydrogen-bond acceptors (Lipinski definition) is 2. The molecule has 0 aromatic rings. The Hall–Kier alpha value is 0.650. The average molecular weight is 240 g/mol. The molecule has 1 aliphatic heterocycles. The molecule has 3 heteroatoms. The van der Waals surface area contributed by atoms with Crippen LogP contribution in [0.25, 0.3) is 0 Å². The normalized spacial score (nSPS) is 22.3. The molecule has 1 aliphatic rings. The van der Waals surface area contributed by atoms with Gasteiger partial charge in [0.2, 0.25) is 0 Å². The van der Waals surface area contributed by atoms with Crippen molar-refractivity contribution in [1.29, 1.82) is 0 Å². The lowest BCUT2D eigenvalue weighted by Crippen LogP contribution is -2.39. The third-order valence-corrected chi connectivity index (χ3v) is 2.15. The third-order valence-electron chi connectivity index (χ3n) is 1.70. The number of nitrogens with one attached hydrogen (secondary N) is 2. The highest BCUT2D eigenvalue weighted by atomic mass is 127. The van der Waals surface area contributed by atoms with Crippen molar-refractivity contribution in [3.63, 3.8) is 0 Å². The van der Waals surface area contributed by atoms with E-state index in [1.165, 1.54) is 25.9 Å². The lowest BCUT2D eigenvalue weighted by Gasteiger charge is -2.22. The molecule has 0 radical (unpaired) electrons. The predicted molar refractivity (Wildman–Crippen MR) is 47.9 cm³/mol. The molecule has 0 atom stereocenters. The Bertz CT molecular complexity index is 68.7. The van der Waals surface area contributed by atoms with Crippen molar-refractivity contribution in [2.75, 3.05) is 17.6 Å². The Morgan fingerprint density at radius 1 is 1.44 bits per heavy atom. The maximum Gasteiger partial charge on any atom is 0.0482 e. The van der Waals surface area contributed by atoms with Crippen LogP contribution in [-0.4, -0.2) is 23.7 Å². The summed E-state index contributed by atoms with van der Waals surface area (Å²) in [5, 5.41) is 6.76. The van der Waals surface area contributed by atoms with Gasteiger partial charge in [0.05, 0.1) is 0 Å². The summed E-state index contributed by atoms with van der Waals surface area (Å²) in [6.45, 7) is 2.38. The second-order valence-electron chi connectivity index (χ2n) is 2.36. The van der Waals surface area contributed by atoms with E-state index in [-0.39, 0.29) is 0 Å². The van der Waals surface area contributed by atoms with Gasteiger partial charge in [-0.15, -0.1) is 0 Å². The number of rotatable bonds is 2. The minimum atomic E-state index is 0.781. The van der Waals surface area contributed by atoms with Crippen LogP contribution in [0.5, 0.6) is 0 Å². The van der Waals surface area contributed by atoms with E-state index in [0.29, 0.717) is 0 Å². The molecule has 0 aliphatic carbocycles. The molecule has 9 heavy (non-hydrogen) atoms. The molecular weight excluding hydrogens is 227 g/mol. The predicted octanol–water partition coefficient (Wildman–Crippen LogP) is 0.720. The molecule has 2 N–H and O–H groups in total. The van der Waals surface area contributed by atoms with E-state index in [0.717, 1.165) is 10.6 Å². The van der Waals surface area contributed by atoms with Crippen molar-refractivity contribution < 1.29 is 0 Å². The Balaban J connectivity index is 2.08. The van der Waals surface area contributed by atoms with Gasteiger partial charge in [0, 0.05) is 10.6 Å². The summed E-state index contributed by atoms with van der Waals surface area (Å²) in [5.74, 6) is 0. The van der Waals surface area contributed by atoms with E-state index < -0.39 is 0 Å². The highest BCUT2D eigenvalue weighted by Crippen LogP contribution is 2.01. The van der Waals surface area contributed by atoms with E-state index in [1.807, 2.05) is 0 Å². The molecule has 0 aromatic heterocycles. The van der Waals surface area contributed by atoms with Crippen molar-refractivity contribution in [3.8, 4) is 0 Å². The molecule has 1 saturated heterocycles. The molecule has 54 valence electrons. The van der Waals surface area contributed by atoms with Crippen molar-refractivity contribution in [1.82, 2.24) is 10.6 Å². The smallest absolute Gasteiger partial charge is 0.0482 e. The molecule has 0 aromatic carbocycles. The average Bonchev–Trinajstić information content (AvgIpc) is 1.91. The zero-order valence-corrected chi connectivity index (χ0v) is 7.65. The number of hydrogen-bond donors (Lipinski definition) is 2. The van der Waals surface area contributed by atoms with Crippen LogP contribution < -0.4 is 10.6 Å². The first-order chi connectivity index (χ1) is 4.43. The van der Waals surface area contributed by atoms with Crippen LogP contribution in [0.15, 0.2) is 0 Å². The Labute approximate surface area is 69.9 Å². The standard InChI is InChI=1S/C6H13IN2/c7-5-9-6-1-3-8-4-2-6/h6,8-9H,1-5H2. The first-order valence-corrected chi connectivity index (χ1v) is 4.96. The van der Waals surface area contributed by atoms with E-state index >= 15 is 0 Å². The highest BCUT2D eigenvalue weighted by Gasteiger charge is 2.09. The van der Waals surface area contributed by atoms with Crippen LogP contribution in [0.4, 0.5) is 0 Å². The van der Waals surface area contributed by atoms with Crippen molar-refractivity contribution in [2.24, 2.45) is 0 Å². The fraction of sp³-hybridized carbons (Fsp3) is 1.00. The minimum absolute atomic E-state index is 0.781. The van der Waals surface area contributed by atoms with Crippen LogP contribution in [0.2, 0.25) is 0 Å². The summed E-state index contributed by atoms with van der Waals surface area (Å²) in [6, 6.07) is 0.781. The van der Waals surface area contributed by atoms with Gasteiger partial charge in [0.25, 0.3) is 0 Å². The first-order valence-electron chi connectivity index (χ1n) is 3.43. The summed E-state index contributed by atoms with van der Waals surface area (Å²) in [6.07, 6.45) is 2.59. The van der Waals surface area contributed by atoms with Crippen LogP contribution in [0, 0.1) is 0 Å². The zero-order chi connectivity index (χ0) is 6.53. The van der Waals surface area contributed by atoms with Crippen LogP contribution in [-0.2, 0) is 0 Å². The summed E-state index contributed by atoms with van der Waals surface area (Å²) in [5.41, 5.74) is 0. The summed E-state index contributed by atoms with van der Waals surface area (Å²) in [4.78, 5) is 0. The highest BCUT2D eigenvalue weighted by molar-refractivity contribution is 14.1. The summed E-state index contributed by atoms with van der Waals surface area (Å²) < 4.78 is 1.09. The Morgan fingerprint density at radius 3 is 2.67 bits per heavy atom. The maximum absolute atomic E-state index is 3.43. The van der Waals surface area contributed by atoms with Crippen molar-refractivity contribution in [3.05, 3.63) is 0 Å². The molecule has 1 fully saturated rings. The van der Waals surface area contributed by atoms with Gasteiger partial charge in [-0.2, -0.15) is 0 Å². The maximum atomic E-state index is 3.43. The number of halogens is 1. The number of piperidine rings is 1. The van der Waals surface area contributed by atoms with Gasteiger partial charge >= 0.3 is 0 Å². The lowest BCUT2D eigenvalue weighted by molar-refractivity contribution is 0.408. The second-order valence-corrected chi connectivity index (χ2v) is 3.12. The van der Waals surface area contributed by atoms with Gasteiger partial charge in [-0.25, -0.2) is 0 Å². The van der Waals surface area contributed by atoms with Crippen molar-refractivity contribution >= 4 is 22.6 Å². The van der Waals surface area contributed by atoms with E-state index in [9.17, 15) is 0 Å². The van der Waals surface area contributed by atoms with Crippen LogP contribution in [0.1, 0.15) is 12.8 Å². The third kappa shape index (κ3) is 2.82. The Morgan fingerprint density at radius 2 is 2.11 bits per heavy atom. The summed E-state index contributed by atoms with van der Waals surface area (Å²) in [7, 11) is 0. The molecule has 2 nitrogen and oxygen atoms in total. The van der Waals surface area contributed by atoms with Gasteiger partial charge in [-0.3, -0.25) is 0 Å². The molecule has 1 heterocycles. The molecule has 0 saturated carbocycles. The Kier molecular flexibility index (Phi) is 3.85.